The van der Waals surface area contributed by atoms with Crippen molar-refractivity contribution in [1.82, 2.24) is 0 Å². The van der Waals surface area contributed by atoms with Gasteiger partial charge in [0.15, 0.2) is 0 Å². The van der Waals surface area contributed by atoms with Gasteiger partial charge in [-0.25, -0.2) is 0 Å². The summed E-state index contributed by atoms with van der Waals surface area (Å²) in [6.07, 6.45) is 37.1. The van der Waals surface area contributed by atoms with Crippen molar-refractivity contribution in [2.45, 2.75) is 193 Å². The largest absolute Gasteiger partial charge is 0.497 e. The number of ether oxygens (including phenoxy) is 3. The van der Waals surface area contributed by atoms with Crippen LogP contribution in [0.1, 0.15) is 204 Å². The van der Waals surface area contributed by atoms with Crippen LogP contribution in [0.5, 0.6) is 11.5 Å². The molecule has 3 nitrogen and oxygen atoms in total. The molecule has 0 spiro atoms. The molecule has 4 fully saturated rings. The Morgan fingerprint density at radius 3 is 1.05 bits per heavy atom. The molecule has 4 aliphatic rings. The molecule has 55 heavy (non-hydrogen) atoms. The highest BCUT2D eigenvalue weighted by Gasteiger charge is 2.39. The van der Waals surface area contributed by atoms with Crippen molar-refractivity contribution in [2.75, 3.05) is 14.2 Å². The maximum Gasteiger partial charge on any atom is 0.118 e. The van der Waals surface area contributed by atoms with Gasteiger partial charge < -0.3 is 14.2 Å². The molecular weight excluding hydrogens is 673 g/mol. The first-order valence-electron chi connectivity index (χ1n) is 24.0. The molecule has 0 aromatic heterocycles. The van der Waals surface area contributed by atoms with Crippen LogP contribution in [0.15, 0.2) is 48.5 Å². The number of benzene rings is 2. The quantitative estimate of drug-likeness (QED) is 0.126. The SMILES string of the molecule is CCCCCCC1CCC(C2CCC(C(OC(c3ccc(OC)cc3)C3CCC(C4CCC(CCCCCC)CC4)CC3)c3ccc(OC)cc3)CC2)CC1. The van der Waals surface area contributed by atoms with E-state index in [0.717, 1.165) is 47.0 Å². The van der Waals surface area contributed by atoms with Gasteiger partial charge in [0, 0.05) is 0 Å². The maximum atomic E-state index is 7.67. The van der Waals surface area contributed by atoms with Gasteiger partial charge >= 0.3 is 0 Å². The van der Waals surface area contributed by atoms with Gasteiger partial charge in [-0.3, -0.25) is 0 Å². The van der Waals surface area contributed by atoms with E-state index < -0.39 is 0 Å². The Hall–Kier alpha value is -2.00. The highest BCUT2D eigenvalue weighted by molar-refractivity contribution is 5.31. The first kappa shape index (κ1) is 42.6. The second kappa shape index (κ2) is 22.8. The summed E-state index contributed by atoms with van der Waals surface area (Å²) in [6.45, 7) is 4.66. The fourth-order valence-electron chi connectivity index (χ4n) is 12.1. The van der Waals surface area contributed by atoms with Crippen LogP contribution < -0.4 is 9.47 Å². The van der Waals surface area contributed by atoms with E-state index in [1.165, 1.54) is 178 Å². The number of rotatable bonds is 20. The third-order valence-corrected chi connectivity index (χ3v) is 15.7. The van der Waals surface area contributed by atoms with Crippen molar-refractivity contribution in [2.24, 2.45) is 47.3 Å². The molecule has 6 rings (SSSR count). The summed E-state index contributed by atoms with van der Waals surface area (Å²) in [7, 11) is 3.56. The van der Waals surface area contributed by atoms with Gasteiger partial charge in [-0.1, -0.05) is 128 Å². The Morgan fingerprint density at radius 1 is 0.418 bits per heavy atom. The molecule has 0 amide bonds. The fraction of sp³-hybridized carbons (Fsp3) is 0.769. The fourth-order valence-corrected chi connectivity index (χ4v) is 12.1. The monoisotopic (exact) mass is 755 g/mol. The summed E-state index contributed by atoms with van der Waals surface area (Å²) in [4.78, 5) is 0. The minimum Gasteiger partial charge on any atom is -0.497 e. The molecule has 4 aliphatic carbocycles. The Balaban J connectivity index is 1.09. The third-order valence-electron chi connectivity index (χ3n) is 15.7. The Labute approximate surface area is 338 Å². The van der Waals surface area contributed by atoms with E-state index in [1.54, 1.807) is 14.2 Å². The van der Waals surface area contributed by atoms with E-state index in [0.29, 0.717) is 11.8 Å². The minimum atomic E-state index is 0.114. The number of unbranched alkanes of at least 4 members (excludes halogenated alkanes) is 6. The molecule has 2 aromatic carbocycles. The summed E-state index contributed by atoms with van der Waals surface area (Å²) >= 11 is 0. The molecular formula is C52H82O3. The normalized spacial score (nSPS) is 30.0. The number of hydrogen-bond donors (Lipinski definition) is 0. The summed E-state index contributed by atoms with van der Waals surface area (Å²) in [5, 5.41) is 0. The second-order valence-electron chi connectivity index (χ2n) is 19.1. The van der Waals surface area contributed by atoms with E-state index in [2.05, 4.69) is 62.4 Å². The Morgan fingerprint density at radius 2 is 0.745 bits per heavy atom. The molecule has 0 saturated heterocycles. The summed E-state index contributed by atoms with van der Waals surface area (Å²) in [5.41, 5.74) is 2.68. The third kappa shape index (κ3) is 12.5. The molecule has 0 bridgehead atoms. The molecule has 0 heterocycles. The maximum absolute atomic E-state index is 7.67. The summed E-state index contributed by atoms with van der Waals surface area (Å²) in [5.74, 6) is 8.74. The van der Waals surface area contributed by atoms with Gasteiger partial charge in [0.25, 0.3) is 0 Å². The van der Waals surface area contributed by atoms with Crippen molar-refractivity contribution in [3.63, 3.8) is 0 Å². The van der Waals surface area contributed by atoms with Gasteiger partial charge in [-0.15, -0.1) is 0 Å². The van der Waals surface area contributed by atoms with Gasteiger partial charge in [-0.05, 0) is 160 Å². The average molecular weight is 755 g/mol. The Kier molecular flexibility index (Phi) is 17.7. The molecule has 0 aliphatic heterocycles. The van der Waals surface area contributed by atoms with Crippen molar-refractivity contribution in [3.05, 3.63) is 59.7 Å². The van der Waals surface area contributed by atoms with Crippen LogP contribution in [-0.2, 0) is 4.74 Å². The highest BCUT2D eigenvalue weighted by atomic mass is 16.5. The van der Waals surface area contributed by atoms with Crippen LogP contribution in [-0.4, -0.2) is 14.2 Å². The summed E-state index contributed by atoms with van der Waals surface area (Å²) in [6, 6.07) is 17.9. The van der Waals surface area contributed by atoms with Crippen molar-refractivity contribution in [3.8, 4) is 11.5 Å². The molecule has 2 unspecified atom stereocenters. The van der Waals surface area contributed by atoms with E-state index in [-0.39, 0.29) is 12.2 Å². The van der Waals surface area contributed by atoms with Crippen LogP contribution in [0.3, 0.4) is 0 Å². The zero-order valence-electron chi connectivity index (χ0n) is 36.0. The van der Waals surface area contributed by atoms with Gasteiger partial charge in [0.05, 0.1) is 26.4 Å². The summed E-state index contributed by atoms with van der Waals surface area (Å²) < 4.78 is 18.9. The van der Waals surface area contributed by atoms with Crippen molar-refractivity contribution >= 4 is 0 Å². The van der Waals surface area contributed by atoms with Gasteiger partial charge in [0.1, 0.15) is 11.5 Å². The molecule has 308 valence electrons. The molecule has 0 N–H and O–H groups in total. The molecule has 2 aromatic rings. The van der Waals surface area contributed by atoms with Crippen LogP contribution in [0.4, 0.5) is 0 Å². The zero-order valence-corrected chi connectivity index (χ0v) is 36.0. The van der Waals surface area contributed by atoms with Crippen molar-refractivity contribution < 1.29 is 14.2 Å². The highest BCUT2D eigenvalue weighted by Crippen LogP contribution is 2.50. The van der Waals surface area contributed by atoms with Crippen molar-refractivity contribution in [1.29, 1.82) is 0 Å². The first-order valence-corrected chi connectivity index (χ1v) is 24.0. The average Bonchev–Trinajstić information content (AvgIpc) is 3.25. The predicted molar refractivity (Wildman–Crippen MR) is 232 cm³/mol. The topological polar surface area (TPSA) is 27.7 Å². The van der Waals surface area contributed by atoms with Crippen LogP contribution in [0, 0.1) is 47.3 Å². The number of hydrogen-bond acceptors (Lipinski definition) is 3. The lowest BCUT2D eigenvalue weighted by Gasteiger charge is -2.43. The molecule has 3 heteroatoms. The lowest BCUT2D eigenvalue weighted by molar-refractivity contribution is -0.0935. The Bertz CT molecular complexity index is 1190. The number of methoxy groups -OCH3 is 2. The minimum absolute atomic E-state index is 0.114. The van der Waals surface area contributed by atoms with Crippen LogP contribution in [0.2, 0.25) is 0 Å². The van der Waals surface area contributed by atoms with E-state index in [4.69, 9.17) is 14.2 Å². The molecule has 0 radical (unpaired) electrons. The standard InChI is InChI=1S/C52H82O3/c1-5-7-9-11-13-39-15-19-41(20-16-39)43-23-27-45(28-24-43)51(47-31-35-49(53-3)36-32-47)55-52(48-33-37-50(54-4)38-34-48)46-29-25-44(26-30-46)42-21-17-40(18-22-42)14-12-10-8-6-2/h31-46,51-52H,5-30H2,1-4H3. The van der Waals surface area contributed by atoms with E-state index in [9.17, 15) is 0 Å². The van der Waals surface area contributed by atoms with Gasteiger partial charge in [-0.2, -0.15) is 0 Å². The van der Waals surface area contributed by atoms with Crippen LogP contribution in [0.25, 0.3) is 0 Å². The lowest BCUT2D eigenvalue weighted by Crippen LogP contribution is -2.31. The lowest BCUT2D eigenvalue weighted by atomic mass is 9.67. The molecule has 4 saturated carbocycles. The van der Waals surface area contributed by atoms with E-state index >= 15 is 0 Å². The second-order valence-corrected chi connectivity index (χ2v) is 19.1. The van der Waals surface area contributed by atoms with E-state index in [1.807, 2.05) is 0 Å². The smallest absolute Gasteiger partial charge is 0.118 e. The van der Waals surface area contributed by atoms with Gasteiger partial charge in [0.2, 0.25) is 0 Å². The first-order chi connectivity index (χ1) is 27.1. The predicted octanol–water partition coefficient (Wildman–Crippen LogP) is 15.7. The van der Waals surface area contributed by atoms with Crippen LogP contribution >= 0.6 is 0 Å². The zero-order chi connectivity index (χ0) is 38.2. The molecule has 2 atom stereocenters.